The van der Waals surface area contributed by atoms with E-state index < -0.39 is 54.4 Å². The van der Waals surface area contributed by atoms with Crippen LogP contribution in [0.2, 0.25) is 0 Å². The molecule has 0 unspecified atom stereocenters. The molecule has 0 radical (unpaired) electrons. The van der Waals surface area contributed by atoms with Crippen LogP contribution in [0.5, 0.6) is 17.2 Å². The number of hydrogen-bond acceptors (Lipinski definition) is 13. The van der Waals surface area contributed by atoms with Crippen molar-refractivity contribution in [2.24, 2.45) is 0 Å². The number of aromatic amines is 1. The fraction of sp³-hybridized carbons (Fsp3) is 0.472. The standard InChI is InChI=1S/C53H62N4O11/c1-54-23-31-11-8-14-34-39(31)25-57(51(34)63)26-41(59)46-36(30-9-6-7-10-30)20-32-21-43(65-2)35-16-18-42(38-24-56-40-17-15-29(19-37(38)40)22-55-33-12-4-3-5-13-33)66-27-44-47(60)50(62)53(64,28-58)52(67-44)68-49(35)45(32)48(46)61/h8,11,14-21,24,30,33,42,44,47,50,52,54-56,58,60-62,64H,3-7,9-10,12-13,22-23,25-28H2,1-2H3/b18-16+/t42-,44-,47-,50+,52-,53-/m1/s1. The number of phenolic OH excluding ortho intramolecular Hbond substituents is 1. The van der Waals surface area contributed by atoms with Gasteiger partial charge in [0.2, 0.25) is 6.29 Å². The lowest BCUT2D eigenvalue weighted by Crippen LogP contribution is -2.69. The van der Waals surface area contributed by atoms with Gasteiger partial charge in [0, 0.05) is 53.9 Å². The smallest absolute Gasteiger partial charge is 0.254 e. The van der Waals surface area contributed by atoms with Crippen molar-refractivity contribution in [2.45, 2.75) is 126 Å². The van der Waals surface area contributed by atoms with E-state index in [1.54, 1.807) is 24.3 Å². The number of Topliss-reactive ketones (excluding diaryl/α,β-unsaturated/α-hetero) is 1. The average molecular weight is 931 g/mol. The maximum absolute atomic E-state index is 14.9. The number of carbonyl (C=O) groups is 2. The fourth-order valence-corrected chi connectivity index (χ4v) is 11.3. The summed E-state index contributed by atoms with van der Waals surface area (Å²) in [4.78, 5) is 33.6. The second kappa shape index (κ2) is 19.2. The Morgan fingerprint density at radius 3 is 2.56 bits per heavy atom. The third kappa shape index (κ3) is 8.36. The van der Waals surface area contributed by atoms with Gasteiger partial charge in [0.25, 0.3) is 5.91 Å². The summed E-state index contributed by atoms with van der Waals surface area (Å²) < 4.78 is 25.5. The number of aromatic nitrogens is 1. The van der Waals surface area contributed by atoms with Gasteiger partial charge in [-0.3, -0.25) is 9.59 Å². The van der Waals surface area contributed by atoms with Gasteiger partial charge >= 0.3 is 0 Å². The van der Waals surface area contributed by atoms with Crippen molar-refractivity contribution < 1.29 is 54.1 Å². The van der Waals surface area contributed by atoms with Crippen LogP contribution in [-0.4, -0.2) is 117 Å². The largest absolute Gasteiger partial charge is 0.506 e. The van der Waals surface area contributed by atoms with E-state index in [9.17, 15) is 35.1 Å². The number of H-pyrrole nitrogens is 1. The molecule has 0 spiro atoms. The van der Waals surface area contributed by atoms with E-state index in [-0.39, 0.29) is 53.8 Å². The number of nitrogens with zero attached hydrogens (tertiary/aromatic N) is 1. The van der Waals surface area contributed by atoms with Gasteiger partial charge in [-0.1, -0.05) is 56.4 Å². The van der Waals surface area contributed by atoms with Gasteiger partial charge < -0.3 is 65.0 Å². The first-order valence-electron chi connectivity index (χ1n) is 24.1. The molecular weight excluding hydrogens is 869 g/mol. The van der Waals surface area contributed by atoms with Crippen LogP contribution >= 0.6 is 0 Å². The molecule has 4 aromatic carbocycles. The van der Waals surface area contributed by atoms with Crippen molar-refractivity contribution in [3.8, 4) is 17.2 Å². The molecule has 15 nitrogen and oxygen atoms in total. The van der Waals surface area contributed by atoms with Gasteiger partial charge in [-0.05, 0) is 103 Å². The van der Waals surface area contributed by atoms with Gasteiger partial charge in [0.15, 0.2) is 11.4 Å². The van der Waals surface area contributed by atoms with Crippen LogP contribution < -0.4 is 20.1 Å². The summed E-state index contributed by atoms with van der Waals surface area (Å²) >= 11 is 0. The Balaban J connectivity index is 1.10. The first-order valence-corrected chi connectivity index (χ1v) is 24.1. The van der Waals surface area contributed by atoms with Crippen LogP contribution in [0.1, 0.15) is 124 Å². The van der Waals surface area contributed by atoms with Gasteiger partial charge in [0.1, 0.15) is 41.7 Å². The summed E-state index contributed by atoms with van der Waals surface area (Å²) in [6.07, 6.45) is 7.37. The topological polar surface area (TPSA) is 215 Å². The molecule has 4 heterocycles. The Bertz CT molecular complexity index is 2740. The molecule has 15 heteroatoms. The van der Waals surface area contributed by atoms with E-state index in [1.165, 1.54) is 31.3 Å². The van der Waals surface area contributed by atoms with Crippen LogP contribution in [0.25, 0.3) is 27.8 Å². The third-order valence-corrected chi connectivity index (χ3v) is 15.1. The number of ether oxygens (including phenoxy) is 4. The number of amides is 1. The van der Waals surface area contributed by atoms with Gasteiger partial charge in [-0.25, -0.2) is 0 Å². The van der Waals surface area contributed by atoms with Gasteiger partial charge in [-0.15, -0.1) is 0 Å². The lowest BCUT2D eigenvalue weighted by molar-refractivity contribution is -0.329. The molecule has 1 amide bonds. The number of ketones is 1. The molecule has 6 atom stereocenters. The normalized spacial score (nSPS) is 26.1. The van der Waals surface area contributed by atoms with Gasteiger partial charge in [0.05, 0.1) is 43.4 Å². The lowest BCUT2D eigenvalue weighted by atomic mass is 9.86. The Morgan fingerprint density at radius 1 is 1.00 bits per heavy atom. The fourth-order valence-electron chi connectivity index (χ4n) is 11.3. The van der Waals surface area contributed by atoms with Crippen molar-refractivity contribution in [3.63, 3.8) is 0 Å². The highest BCUT2D eigenvalue weighted by Crippen LogP contribution is 2.50. The van der Waals surface area contributed by atoms with Crippen molar-refractivity contribution >= 4 is 39.4 Å². The highest BCUT2D eigenvalue weighted by molar-refractivity contribution is 6.11. The number of aliphatic hydroxyl groups is 4. The molecule has 10 rings (SSSR count). The molecular formula is C53H62N4O11. The van der Waals surface area contributed by atoms with Crippen molar-refractivity contribution in [2.75, 3.05) is 33.9 Å². The van der Waals surface area contributed by atoms with Crippen LogP contribution in [0.3, 0.4) is 0 Å². The number of hydrogen-bond donors (Lipinski definition) is 8. The van der Waals surface area contributed by atoms with E-state index in [1.807, 2.05) is 37.5 Å². The van der Waals surface area contributed by atoms with E-state index >= 15 is 0 Å². The zero-order valence-corrected chi connectivity index (χ0v) is 38.6. The molecule has 2 aliphatic carbocycles. The number of methoxy groups -OCH3 is 1. The molecule has 5 aliphatic rings. The monoisotopic (exact) mass is 930 g/mol. The van der Waals surface area contributed by atoms with E-state index in [0.717, 1.165) is 71.7 Å². The quantitative estimate of drug-likeness (QED) is 0.0675. The number of aromatic hydroxyl groups is 1. The van der Waals surface area contributed by atoms with E-state index in [2.05, 4.69) is 27.8 Å². The predicted octanol–water partition coefficient (Wildman–Crippen LogP) is 6.01. The Hall–Kier alpha value is -5.36. The first-order chi connectivity index (χ1) is 33.0. The predicted molar refractivity (Wildman–Crippen MR) is 255 cm³/mol. The number of aliphatic hydroxyl groups excluding tert-OH is 3. The second-order valence-electron chi connectivity index (χ2n) is 19.3. The molecule has 68 heavy (non-hydrogen) atoms. The summed E-state index contributed by atoms with van der Waals surface area (Å²) in [5, 5.41) is 66.6. The third-order valence-electron chi connectivity index (χ3n) is 15.1. The molecule has 3 aliphatic heterocycles. The lowest BCUT2D eigenvalue weighted by Gasteiger charge is -2.47. The van der Waals surface area contributed by atoms with Crippen LogP contribution in [0, 0.1) is 0 Å². The summed E-state index contributed by atoms with van der Waals surface area (Å²) in [6.45, 7) is -0.142. The van der Waals surface area contributed by atoms with Crippen molar-refractivity contribution in [1.82, 2.24) is 20.5 Å². The SMILES string of the molecule is CNCc1cccc2c1CN(CC(=O)c1c(C3CCCC3)cc3cc(OC)c4c(c3c1O)O[C@H]1O[C@H](CO[C@@H](c3c[nH]c5ccc(CNC6CCCCC6)cc35)/C=C/4)[C@@H](O)[C@H](O)[C@]1(O)CO)C2=O. The van der Waals surface area contributed by atoms with E-state index in [0.29, 0.717) is 41.4 Å². The molecule has 1 saturated heterocycles. The number of benzene rings is 4. The molecule has 1 aromatic heterocycles. The Morgan fingerprint density at radius 2 is 1.79 bits per heavy atom. The number of phenols is 1. The molecule has 2 bridgehead atoms. The van der Waals surface area contributed by atoms with Crippen LogP contribution in [-0.2, 0) is 29.1 Å². The molecule has 8 N–H and O–H groups in total. The molecule has 360 valence electrons. The van der Waals surface area contributed by atoms with Crippen molar-refractivity contribution in [3.05, 3.63) is 105 Å². The molecule has 3 fully saturated rings. The second-order valence-corrected chi connectivity index (χ2v) is 19.3. The van der Waals surface area contributed by atoms with Crippen LogP contribution in [0.4, 0.5) is 0 Å². The number of fused-ring (bicyclic) bond motifs is 7. The Kier molecular flexibility index (Phi) is 13.1. The van der Waals surface area contributed by atoms with Crippen molar-refractivity contribution in [1.29, 1.82) is 0 Å². The zero-order valence-electron chi connectivity index (χ0n) is 38.6. The van der Waals surface area contributed by atoms with Crippen LogP contribution in [0.15, 0.2) is 60.8 Å². The van der Waals surface area contributed by atoms with Gasteiger partial charge in [-0.2, -0.15) is 0 Å². The maximum atomic E-state index is 14.9. The summed E-state index contributed by atoms with van der Waals surface area (Å²) in [6, 6.07) is 15.9. The first kappa shape index (κ1) is 46.4. The van der Waals surface area contributed by atoms with E-state index in [4.69, 9.17) is 18.9 Å². The number of carbonyl (C=O) groups excluding carboxylic acids is 2. The maximum Gasteiger partial charge on any atom is 0.254 e. The highest BCUT2D eigenvalue weighted by Gasteiger charge is 2.57. The highest BCUT2D eigenvalue weighted by atomic mass is 16.7. The summed E-state index contributed by atoms with van der Waals surface area (Å²) in [5.41, 5.74) is 3.54. The minimum Gasteiger partial charge on any atom is -0.506 e. The molecule has 2 saturated carbocycles. The zero-order chi connectivity index (χ0) is 47.3. The molecule has 5 aromatic rings. The Labute approximate surface area is 395 Å². The average Bonchev–Trinajstić information content (AvgIpc) is 4.11. The summed E-state index contributed by atoms with van der Waals surface area (Å²) in [5.74, 6) is -0.941. The minimum atomic E-state index is -2.56. The number of nitrogens with one attached hydrogen (secondary N) is 3. The summed E-state index contributed by atoms with van der Waals surface area (Å²) in [7, 11) is 3.33. The minimum absolute atomic E-state index is 0.0572. The number of rotatable bonds is 12.